The Balaban J connectivity index is 2.23. The van der Waals surface area contributed by atoms with Gasteiger partial charge in [0.05, 0.1) is 19.0 Å². The summed E-state index contributed by atoms with van der Waals surface area (Å²) in [5, 5.41) is 0. The number of aromatic amines is 1. The molecule has 0 aromatic carbocycles. The molecule has 1 fully saturated rings. The van der Waals surface area contributed by atoms with Crippen LogP contribution in [0.1, 0.15) is 13.3 Å². The van der Waals surface area contributed by atoms with Gasteiger partial charge in [0.2, 0.25) is 0 Å². The SMILES string of the molecule is CCC1CN(c2nc[nH]c(=O)c2I)CCO1. The van der Waals surface area contributed by atoms with Crippen molar-refractivity contribution in [3.63, 3.8) is 0 Å². The first-order chi connectivity index (χ1) is 7.72. The van der Waals surface area contributed by atoms with Crippen LogP contribution in [-0.2, 0) is 4.74 Å². The van der Waals surface area contributed by atoms with Gasteiger partial charge in [0.25, 0.3) is 5.56 Å². The highest BCUT2D eigenvalue weighted by Crippen LogP contribution is 2.19. The second-order valence-corrected chi connectivity index (χ2v) is 4.80. The molecule has 1 atom stereocenters. The lowest BCUT2D eigenvalue weighted by molar-refractivity contribution is 0.0381. The minimum Gasteiger partial charge on any atom is -0.375 e. The zero-order chi connectivity index (χ0) is 11.5. The van der Waals surface area contributed by atoms with Crippen LogP contribution in [0.2, 0.25) is 0 Å². The van der Waals surface area contributed by atoms with E-state index in [1.807, 2.05) is 22.6 Å². The Hall–Kier alpha value is -0.630. The first-order valence-corrected chi connectivity index (χ1v) is 6.40. The van der Waals surface area contributed by atoms with Crippen LogP contribution in [0.15, 0.2) is 11.1 Å². The number of nitrogens with one attached hydrogen (secondary N) is 1. The molecule has 1 aromatic rings. The van der Waals surface area contributed by atoms with Crippen molar-refractivity contribution >= 4 is 28.4 Å². The number of rotatable bonds is 2. The van der Waals surface area contributed by atoms with Gasteiger partial charge in [-0.1, -0.05) is 6.92 Å². The summed E-state index contributed by atoms with van der Waals surface area (Å²) >= 11 is 2.04. The molecule has 0 radical (unpaired) electrons. The lowest BCUT2D eigenvalue weighted by Gasteiger charge is -2.33. The number of hydrogen-bond acceptors (Lipinski definition) is 4. The van der Waals surface area contributed by atoms with E-state index in [4.69, 9.17) is 4.74 Å². The molecule has 1 unspecified atom stereocenters. The highest BCUT2D eigenvalue weighted by Gasteiger charge is 2.22. The van der Waals surface area contributed by atoms with Crippen molar-refractivity contribution < 1.29 is 4.74 Å². The van der Waals surface area contributed by atoms with E-state index in [0.717, 1.165) is 25.3 Å². The maximum absolute atomic E-state index is 11.5. The van der Waals surface area contributed by atoms with Gasteiger partial charge in [0.15, 0.2) is 0 Å². The maximum Gasteiger partial charge on any atom is 0.266 e. The van der Waals surface area contributed by atoms with Gasteiger partial charge in [-0.05, 0) is 29.0 Å². The summed E-state index contributed by atoms with van der Waals surface area (Å²) < 4.78 is 6.24. The van der Waals surface area contributed by atoms with E-state index >= 15 is 0 Å². The first kappa shape index (κ1) is 11.8. The Morgan fingerprint density at radius 3 is 3.31 bits per heavy atom. The Morgan fingerprint density at radius 1 is 1.75 bits per heavy atom. The molecule has 0 aliphatic carbocycles. The van der Waals surface area contributed by atoms with Crippen LogP contribution < -0.4 is 10.5 Å². The van der Waals surface area contributed by atoms with Crippen LogP contribution in [0.25, 0.3) is 0 Å². The summed E-state index contributed by atoms with van der Waals surface area (Å²) in [4.78, 5) is 20.4. The number of morpholine rings is 1. The third kappa shape index (κ3) is 2.37. The Kier molecular flexibility index (Phi) is 3.80. The topological polar surface area (TPSA) is 58.2 Å². The molecular formula is C10H14IN3O2. The predicted octanol–water partition coefficient (Wildman–Crippen LogP) is 0.990. The van der Waals surface area contributed by atoms with E-state index in [9.17, 15) is 4.79 Å². The zero-order valence-corrected chi connectivity index (χ0v) is 11.2. The minimum absolute atomic E-state index is 0.0786. The van der Waals surface area contributed by atoms with Gasteiger partial charge in [-0.25, -0.2) is 4.98 Å². The number of hydrogen-bond donors (Lipinski definition) is 1. The van der Waals surface area contributed by atoms with Gasteiger partial charge in [-0.2, -0.15) is 0 Å². The monoisotopic (exact) mass is 335 g/mol. The van der Waals surface area contributed by atoms with Gasteiger partial charge < -0.3 is 14.6 Å². The summed E-state index contributed by atoms with van der Waals surface area (Å²) in [5.41, 5.74) is -0.0786. The van der Waals surface area contributed by atoms with Crippen LogP contribution in [0.3, 0.4) is 0 Å². The van der Waals surface area contributed by atoms with Crippen molar-refractivity contribution in [2.24, 2.45) is 0 Å². The second kappa shape index (κ2) is 5.13. The number of aromatic nitrogens is 2. The standard InChI is InChI=1S/C10H14IN3O2/c1-2-7-5-14(3-4-16-7)9-8(11)10(15)13-6-12-9/h6-7H,2-5H2,1H3,(H,12,13,15). The highest BCUT2D eigenvalue weighted by atomic mass is 127. The molecule has 0 bridgehead atoms. The minimum atomic E-state index is -0.0786. The number of ether oxygens (including phenoxy) is 1. The average Bonchev–Trinajstić information content (AvgIpc) is 2.33. The van der Waals surface area contributed by atoms with Crippen molar-refractivity contribution in [1.29, 1.82) is 0 Å². The Morgan fingerprint density at radius 2 is 2.56 bits per heavy atom. The average molecular weight is 335 g/mol. The van der Waals surface area contributed by atoms with E-state index < -0.39 is 0 Å². The molecule has 0 spiro atoms. The van der Waals surface area contributed by atoms with E-state index in [1.165, 1.54) is 6.33 Å². The van der Waals surface area contributed by atoms with Gasteiger partial charge in [-0.3, -0.25) is 4.79 Å². The number of nitrogens with zero attached hydrogens (tertiary/aromatic N) is 2. The molecule has 2 rings (SSSR count). The van der Waals surface area contributed by atoms with E-state index in [1.54, 1.807) is 0 Å². The molecule has 16 heavy (non-hydrogen) atoms. The largest absolute Gasteiger partial charge is 0.375 e. The Labute approximate surface area is 107 Å². The molecule has 5 nitrogen and oxygen atoms in total. The predicted molar refractivity (Wildman–Crippen MR) is 69.8 cm³/mol. The van der Waals surface area contributed by atoms with E-state index in [0.29, 0.717) is 10.2 Å². The number of anilines is 1. The highest BCUT2D eigenvalue weighted by molar-refractivity contribution is 14.1. The van der Waals surface area contributed by atoms with Gasteiger partial charge >= 0.3 is 0 Å². The van der Waals surface area contributed by atoms with Crippen LogP contribution in [0.5, 0.6) is 0 Å². The molecule has 2 heterocycles. The fraction of sp³-hybridized carbons (Fsp3) is 0.600. The molecule has 1 N–H and O–H groups in total. The molecule has 6 heteroatoms. The molecule has 1 saturated heterocycles. The summed E-state index contributed by atoms with van der Waals surface area (Å²) in [6, 6.07) is 0. The maximum atomic E-state index is 11.5. The summed E-state index contributed by atoms with van der Waals surface area (Å²) in [5.74, 6) is 0.770. The van der Waals surface area contributed by atoms with E-state index in [-0.39, 0.29) is 11.7 Å². The fourth-order valence-electron chi connectivity index (χ4n) is 1.75. The van der Waals surface area contributed by atoms with Crippen LogP contribution in [-0.4, -0.2) is 35.8 Å². The van der Waals surface area contributed by atoms with Crippen molar-refractivity contribution in [2.45, 2.75) is 19.4 Å². The second-order valence-electron chi connectivity index (χ2n) is 3.72. The normalized spacial score (nSPS) is 21.1. The smallest absolute Gasteiger partial charge is 0.266 e. The quantitative estimate of drug-likeness (QED) is 0.819. The van der Waals surface area contributed by atoms with Crippen molar-refractivity contribution in [3.05, 3.63) is 20.3 Å². The summed E-state index contributed by atoms with van der Waals surface area (Å²) in [6.07, 6.45) is 2.68. The van der Waals surface area contributed by atoms with Crippen LogP contribution in [0.4, 0.5) is 5.82 Å². The lowest BCUT2D eigenvalue weighted by Crippen LogP contribution is -2.43. The molecular weight excluding hydrogens is 321 g/mol. The van der Waals surface area contributed by atoms with Gasteiger partial charge in [-0.15, -0.1) is 0 Å². The number of H-pyrrole nitrogens is 1. The third-order valence-electron chi connectivity index (χ3n) is 2.67. The lowest BCUT2D eigenvalue weighted by atomic mass is 10.2. The van der Waals surface area contributed by atoms with Crippen molar-refractivity contribution in [2.75, 3.05) is 24.6 Å². The van der Waals surface area contributed by atoms with Crippen molar-refractivity contribution in [3.8, 4) is 0 Å². The molecule has 0 saturated carbocycles. The molecule has 0 amide bonds. The van der Waals surface area contributed by atoms with Crippen LogP contribution in [0, 0.1) is 3.57 Å². The molecule has 1 aliphatic heterocycles. The third-order valence-corrected chi connectivity index (χ3v) is 3.64. The van der Waals surface area contributed by atoms with Gasteiger partial charge in [0.1, 0.15) is 9.39 Å². The number of halogens is 1. The summed E-state index contributed by atoms with van der Waals surface area (Å²) in [7, 11) is 0. The molecule has 1 aromatic heterocycles. The van der Waals surface area contributed by atoms with Gasteiger partial charge in [0, 0.05) is 13.1 Å². The molecule has 1 aliphatic rings. The van der Waals surface area contributed by atoms with Crippen molar-refractivity contribution in [1.82, 2.24) is 9.97 Å². The summed E-state index contributed by atoms with van der Waals surface area (Å²) in [6.45, 7) is 4.40. The zero-order valence-electron chi connectivity index (χ0n) is 9.07. The first-order valence-electron chi connectivity index (χ1n) is 5.32. The van der Waals surface area contributed by atoms with E-state index in [2.05, 4.69) is 21.8 Å². The fourth-order valence-corrected chi connectivity index (χ4v) is 2.39. The molecule has 88 valence electrons. The van der Waals surface area contributed by atoms with Crippen LogP contribution >= 0.6 is 22.6 Å². The Bertz CT molecular complexity index is 421.